The van der Waals surface area contributed by atoms with Gasteiger partial charge in [0, 0.05) is 19.4 Å². The fourth-order valence-electron chi connectivity index (χ4n) is 2.85. The number of halogens is 2. The summed E-state index contributed by atoms with van der Waals surface area (Å²) in [7, 11) is 0. The second kappa shape index (κ2) is 4.67. The minimum absolute atomic E-state index is 0.0614. The molecule has 0 radical (unpaired) electrons. The molecule has 2 heterocycles. The van der Waals surface area contributed by atoms with Gasteiger partial charge in [-0.2, -0.15) is 0 Å². The Morgan fingerprint density at radius 1 is 1.39 bits per heavy atom. The van der Waals surface area contributed by atoms with E-state index >= 15 is 0 Å². The number of aromatic nitrogens is 1. The van der Waals surface area contributed by atoms with E-state index in [1.54, 1.807) is 0 Å². The summed E-state index contributed by atoms with van der Waals surface area (Å²) in [6.07, 6.45) is 5.60. The third kappa shape index (κ3) is 2.31. The molecule has 2 aliphatic rings. The average molecular weight is 272 g/mol. The SMILES string of the molecule is Fc1cc(Cl)cnc1OC1CC2(CCOCC2)C1. The van der Waals surface area contributed by atoms with Crippen LogP contribution in [0.1, 0.15) is 25.7 Å². The minimum Gasteiger partial charge on any atom is -0.472 e. The summed E-state index contributed by atoms with van der Waals surface area (Å²) in [4.78, 5) is 3.88. The lowest BCUT2D eigenvalue weighted by Gasteiger charge is -2.49. The van der Waals surface area contributed by atoms with Crippen molar-refractivity contribution in [1.29, 1.82) is 0 Å². The van der Waals surface area contributed by atoms with Crippen molar-refractivity contribution >= 4 is 11.6 Å². The number of pyridine rings is 1. The topological polar surface area (TPSA) is 31.4 Å². The van der Waals surface area contributed by atoms with Crippen molar-refractivity contribution in [2.75, 3.05) is 13.2 Å². The zero-order valence-electron chi connectivity index (χ0n) is 9.99. The number of nitrogens with zero attached hydrogens (tertiary/aromatic N) is 1. The molecular weight excluding hydrogens is 257 g/mol. The van der Waals surface area contributed by atoms with E-state index in [0.717, 1.165) is 38.9 Å². The van der Waals surface area contributed by atoms with Gasteiger partial charge in [0.15, 0.2) is 5.82 Å². The first-order chi connectivity index (χ1) is 8.67. The predicted octanol–water partition coefficient (Wildman–Crippen LogP) is 3.21. The zero-order chi connectivity index (χ0) is 12.6. The highest BCUT2D eigenvalue weighted by molar-refractivity contribution is 6.30. The predicted molar refractivity (Wildman–Crippen MR) is 65.3 cm³/mol. The van der Waals surface area contributed by atoms with Gasteiger partial charge in [-0.15, -0.1) is 0 Å². The number of hydrogen-bond donors (Lipinski definition) is 0. The van der Waals surface area contributed by atoms with Crippen LogP contribution in [0.2, 0.25) is 5.02 Å². The molecule has 2 fully saturated rings. The van der Waals surface area contributed by atoms with Crippen molar-refractivity contribution < 1.29 is 13.9 Å². The summed E-state index contributed by atoms with van der Waals surface area (Å²) >= 11 is 5.65. The monoisotopic (exact) mass is 271 g/mol. The number of hydrogen-bond acceptors (Lipinski definition) is 3. The summed E-state index contributed by atoms with van der Waals surface area (Å²) in [5.41, 5.74) is 0.367. The maximum Gasteiger partial charge on any atom is 0.250 e. The van der Waals surface area contributed by atoms with E-state index in [1.165, 1.54) is 12.3 Å². The van der Waals surface area contributed by atoms with E-state index in [2.05, 4.69) is 4.98 Å². The lowest BCUT2D eigenvalue weighted by Crippen LogP contribution is -2.47. The van der Waals surface area contributed by atoms with E-state index in [1.807, 2.05) is 0 Å². The molecule has 3 rings (SSSR count). The van der Waals surface area contributed by atoms with Gasteiger partial charge in [-0.25, -0.2) is 9.37 Å². The number of ether oxygens (including phenoxy) is 2. The second-order valence-electron chi connectivity index (χ2n) is 5.20. The van der Waals surface area contributed by atoms with Crippen LogP contribution < -0.4 is 4.74 Å². The largest absolute Gasteiger partial charge is 0.472 e. The van der Waals surface area contributed by atoms with Crippen molar-refractivity contribution in [2.24, 2.45) is 5.41 Å². The highest BCUT2D eigenvalue weighted by Gasteiger charge is 2.46. The van der Waals surface area contributed by atoms with Crippen molar-refractivity contribution in [3.63, 3.8) is 0 Å². The lowest BCUT2D eigenvalue weighted by atomic mass is 9.62. The molecule has 0 bridgehead atoms. The average Bonchev–Trinajstić information content (AvgIpc) is 2.32. The molecule has 1 saturated heterocycles. The molecule has 5 heteroatoms. The first kappa shape index (κ1) is 12.2. The van der Waals surface area contributed by atoms with Gasteiger partial charge in [0.1, 0.15) is 6.10 Å². The Morgan fingerprint density at radius 3 is 2.78 bits per heavy atom. The minimum atomic E-state index is -0.490. The Kier molecular flexibility index (Phi) is 3.16. The van der Waals surface area contributed by atoms with E-state index in [-0.39, 0.29) is 17.0 Å². The molecule has 0 unspecified atom stereocenters. The van der Waals surface area contributed by atoms with Gasteiger partial charge in [-0.1, -0.05) is 11.6 Å². The van der Waals surface area contributed by atoms with Crippen LogP contribution >= 0.6 is 11.6 Å². The van der Waals surface area contributed by atoms with Crippen LogP contribution in [-0.4, -0.2) is 24.3 Å². The molecule has 1 aliphatic heterocycles. The standard InChI is InChI=1S/C13H15ClFNO2/c14-9-5-11(15)12(16-8-9)18-10-6-13(7-10)1-3-17-4-2-13/h5,8,10H,1-4,6-7H2. The van der Waals surface area contributed by atoms with Crippen LogP contribution in [-0.2, 0) is 4.74 Å². The highest BCUT2D eigenvalue weighted by atomic mass is 35.5. The number of rotatable bonds is 2. The fraction of sp³-hybridized carbons (Fsp3) is 0.615. The molecule has 1 saturated carbocycles. The molecule has 98 valence electrons. The molecular formula is C13H15ClFNO2. The molecule has 1 spiro atoms. The Labute approximate surface area is 110 Å². The van der Waals surface area contributed by atoms with Gasteiger partial charge >= 0.3 is 0 Å². The molecule has 0 N–H and O–H groups in total. The van der Waals surface area contributed by atoms with Crippen LogP contribution in [0.5, 0.6) is 5.88 Å². The Balaban J connectivity index is 1.59. The smallest absolute Gasteiger partial charge is 0.250 e. The Morgan fingerprint density at radius 2 is 2.11 bits per heavy atom. The molecule has 0 amide bonds. The summed E-state index contributed by atoms with van der Waals surface area (Å²) in [5.74, 6) is -0.429. The maximum atomic E-state index is 13.5. The van der Waals surface area contributed by atoms with E-state index < -0.39 is 5.82 Å². The summed E-state index contributed by atoms with van der Waals surface area (Å²) in [6.45, 7) is 1.67. The summed E-state index contributed by atoms with van der Waals surface area (Å²) in [6, 6.07) is 1.23. The molecule has 1 aromatic heterocycles. The molecule has 0 atom stereocenters. The fourth-order valence-corrected chi connectivity index (χ4v) is 2.99. The summed E-state index contributed by atoms with van der Waals surface area (Å²) in [5, 5.41) is 0.286. The molecule has 18 heavy (non-hydrogen) atoms. The third-order valence-corrected chi connectivity index (χ3v) is 4.13. The second-order valence-corrected chi connectivity index (χ2v) is 5.64. The first-order valence-corrected chi connectivity index (χ1v) is 6.60. The highest BCUT2D eigenvalue weighted by Crippen LogP contribution is 2.49. The summed E-state index contributed by atoms with van der Waals surface area (Å²) < 4.78 is 24.4. The van der Waals surface area contributed by atoms with Crippen molar-refractivity contribution in [3.05, 3.63) is 23.1 Å². The van der Waals surface area contributed by atoms with Crippen LogP contribution in [0, 0.1) is 11.2 Å². The normalized spacial score (nSPS) is 22.8. The van der Waals surface area contributed by atoms with Gasteiger partial charge in [0.25, 0.3) is 5.88 Å². The van der Waals surface area contributed by atoms with Gasteiger partial charge in [-0.05, 0) is 37.2 Å². The Bertz CT molecular complexity index is 441. The third-order valence-electron chi connectivity index (χ3n) is 3.93. The molecule has 1 aromatic rings. The van der Waals surface area contributed by atoms with Gasteiger partial charge < -0.3 is 9.47 Å². The molecule has 1 aliphatic carbocycles. The van der Waals surface area contributed by atoms with Crippen LogP contribution in [0.25, 0.3) is 0 Å². The first-order valence-electron chi connectivity index (χ1n) is 6.22. The molecule has 3 nitrogen and oxygen atoms in total. The quantitative estimate of drug-likeness (QED) is 0.828. The molecule has 0 aromatic carbocycles. The van der Waals surface area contributed by atoms with Gasteiger partial charge in [0.2, 0.25) is 0 Å². The Hall–Kier alpha value is -0.870. The van der Waals surface area contributed by atoms with E-state index in [4.69, 9.17) is 21.1 Å². The maximum absolute atomic E-state index is 13.5. The van der Waals surface area contributed by atoms with Crippen LogP contribution in [0.3, 0.4) is 0 Å². The lowest BCUT2D eigenvalue weighted by molar-refractivity contribution is -0.0877. The van der Waals surface area contributed by atoms with Crippen molar-refractivity contribution in [3.8, 4) is 5.88 Å². The van der Waals surface area contributed by atoms with E-state index in [9.17, 15) is 4.39 Å². The van der Waals surface area contributed by atoms with Crippen molar-refractivity contribution in [1.82, 2.24) is 4.98 Å². The zero-order valence-corrected chi connectivity index (χ0v) is 10.8. The van der Waals surface area contributed by atoms with Gasteiger partial charge in [0.05, 0.1) is 5.02 Å². The van der Waals surface area contributed by atoms with Gasteiger partial charge in [-0.3, -0.25) is 0 Å². The van der Waals surface area contributed by atoms with Crippen LogP contribution in [0.4, 0.5) is 4.39 Å². The van der Waals surface area contributed by atoms with Crippen molar-refractivity contribution in [2.45, 2.75) is 31.8 Å². The van der Waals surface area contributed by atoms with E-state index in [0.29, 0.717) is 5.41 Å². The van der Waals surface area contributed by atoms with Crippen LogP contribution in [0.15, 0.2) is 12.3 Å².